The lowest BCUT2D eigenvalue weighted by Crippen LogP contribution is -2.43. The van der Waals surface area contributed by atoms with Gasteiger partial charge in [0.1, 0.15) is 23.4 Å². The summed E-state index contributed by atoms with van der Waals surface area (Å²) in [5.41, 5.74) is 5.13. The number of nitrogens with zero attached hydrogens (tertiary/aromatic N) is 6. The van der Waals surface area contributed by atoms with E-state index in [1.807, 2.05) is 0 Å². The molecule has 1 saturated heterocycles. The van der Waals surface area contributed by atoms with Crippen LogP contribution in [-0.2, 0) is 15.7 Å². The van der Waals surface area contributed by atoms with Gasteiger partial charge in [-0.15, -0.1) is 0 Å². The lowest BCUT2D eigenvalue weighted by atomic mass is 10.1. The van der Waals surface area contributed by atoms with E-state index < -0.39 is 48.2 Å². The summed E-state index contributed by atoms with van der Waals surface area (Å²) >= 11 is 0. The molecule has 2 fully saturated rings. The molecule has 5 N–H and O–H groups in total. The van der Waals surface area contributed by atoms with Crippen LogP contribution in [0.15, 0.2) is 24.7 Å². The number of nitrogens with two attached hydrogens (primary N) is 1. The van der Waals surface area contributed by atoms with Crippen LogP contribution in [0.2, 0.25) is 0 Å². The van der Waals surface area contributed by atoms with Gasteiger partial charge in [-0.05, 0) is 30.9 Å². The van der Waals surface area contributed by atoms with Gasteiger partial charge in [-0.1, -0.05) is 5.92 Å². The Morgan fingerprint density at radius 1 is 1.23 bits per heavy atom. The van der Waals surface area contributed by atoms with Gasteiger partial charge in [0.25, 0.3) is 11.8 Å². The van der Waals surface area contributed by atoms with Gasteiger partial charge in [-0.25, -0.2) is 15.0 Å². The molecule has 1 unspecified atom stereocenters. The number of anilines is 1. The number of aliphatic hydroxyl groups excluding tert-OH is 2. The number of hydrogen-bond donors (Lipinski definition) is 4. The Labute approximate surface area is 224 Å². The van der Waals surface area contributed by atoms with E-state index in [9.17, 15) is 33.0 Å². The number of rotatable bonds is 5. The van der Waals surface area contributed by atoms with E-state index in [-0.39, 0.29) is 41.0 Å². The summed E-state index contributed by atoms with van der Waals surface area (Å²) in [6.07, 6.45) is -6.30. The highest BCUT2D eigenvalue weighted by molar-refractivity contribution is 5.94. The highest BCUT2D eigenvalue weighted by Crippen LogP contribution is 2.33. The molecule has 4 heterocycles. The number of fused-ring (bicyclic) bond motifs is 1. The Morgan fingerprint density at radius 2 is 1.98 bits per heavy atom. The Morgan fingerprint density at radius 3 is 2.62 bits per heavy atom. The molecule has 1 aliphatic carbocycles. The molecule has 16 heteroatoms. The number of ether oxygens (including phenoxy) is 1. The van der Waals surface area contributed by atoms with Crippen molar-refractivity contribution in [2.75, 3.05) is 19.3 Å². The molecule has 40 heavy (non-hydrogen) atoms. The Balaban J connectivity index is 1.31. The Bertz CT molecular complexity index is 1510. The Hall–Kier alpha value is -4.33. The van der Waals surface area contributed by atoms with E-state index in [4.69, 9.17) is 10.5 Å². The lowest BCUT2D eigenvalue weighted by molar-refractivity contribution is -0.141. The minimum atomic E-state index is -4.62. The van der Waals surface area contributed by atoms with Crippen LogP contribution >= 0.6 is 0 Å². The number of carbonyl (C=O) groups excluding carboxylic acids is 2. The smallest absolute Gasteiger partial charge is 0.387 e. The number of nitrogen functional groups attached to an aromatic ring is 1. The monoisotopic (exact) mass is 560 g/mol. The largest absolute Gasteiger partial charge is 0.433 e. The van der Waals surface area contributed by atoms with Crippen LogP contribution in [-0.4, -0.2) is 89.4 Å². The van der Waals surface area contributed by atoms with E-state index in [0.717, 1.165) is 25.1 Å². The van der Waals surface area contributed by atoms with Crippen molar-refractivity contribution in [3.63, 3.8) is 0 Å². The summed E-state index contributed by atoms with van der Waals surface area (Å²) in [6.45, 7) is -0.130. The van der Waals surface area contributed by atoms with Crippen LogP contribution in [0.25, 0.3) is 11.2 Å². The zero-order valence-electron chi connectivity index (χ0n) is 20.8. The predicted octanol–water partition coefficient (Wildman–Crippen LogP) is -0.156. The second-order valence-electron chi connectivity index (χ2n) is 9.36. The van der Waals surface area contributed by atoms with Gasteiger partial charge in [0, 0.05) is 19.3 Å². The zero-order valence-corrected chi connectivity index (χ0v) is 20.8. The van der Waals surface area contributed by atoms with Crippen LogP contribution in [0.5, 0.6) is 0 Å². The van der Waals surface area contributed by atoms with Crippen LogP contribution < -0.4 is 11.1 Å². The maximum Gasteiger partial charge on any atom is 0.433 e. The molecule has 0 bridgehead atoms. The maximum absolute atomic E-state index is 12.7. The molecule has 2 amide bonds. The number of nitrogens with one attached hydrogen (secondary N) is 1. The number of halogens is 3. The summed E-state index contributed by atoms with van der Waals surface area (Å²) in [5.74, 6) is 4.12. The van der Waals surface area contributed by atoms with E-state index in [1.165, 1.54) is 22.8 Å². The van der Waals surface area contributed by atoms with E-state index in [2.05, 4.69) is 37.1 Å². The third-order valence-electron chi connectivity index (χ3n) is 6.31. The van der Waals surface area contributed by atoms with Crippen LogP contribution in [0, 0.1) is 11.8 Å². The first kappa shape index (κ1) is 27.2. The van der Waals surface area contributed by atoms with Gasteiger partial charge >= 0.3 is 6.18 Å². The number of aromatic nitrogens is 5. The molecule has 0 radical (unpaired) electrons. The van der Waals surface area contributed by atoms with Crippen LogP contribution in [0.1, 0.15) is 40.9 Å². The quantitative estimate of drug-likeness (QED) is 0.306. The number of amides is 2. The van der Waals surface area contributed by atoms with Crippen molar-refractivity contribution >= 4 is 28.8 Å². The molecule has 1 saturated carbocycles. The van der Waals surface area contributed by atoms with E-state index in [1.54, 1.807) is 0 Å². The summed E-state index contributed by atoms with van der Waals surface area (Å²) in [6, 6.07) is 1.77. The number of pyridine rings is 1. The lowest BCUT2D eigenvalue weighted by Gasteiger charge is -2.16. The number of carbonyl (C=O) groups is 2. The molecule has 0 spiro atoms. The zero-order chi connectivity index (χ0) is 28.8. The Kier molecular flexibility index (Phi) is 7.04. The first-order valence-corrected chi connectivity index (χ1v) is 12.0. The molecule has 5 rings (SSSR count). The molecule has 13 nitrogen and oxygen atoms in total. The summed E-state index contributed by atoms with van der Waals surface area (Å²) in [4.78, 5) is 41.9. The molecule has 3 aromatic rings. The average Bonchev–Trinajstić information content (AvgIpc) is 3.55. The molecule has 2 aliphatic rings. The van der Waals surface area contributed by atoms with Crippen LogP contribution in [0.4, 0.5) is 19.0 Å². The minimum absolute atomic E-state index is 0.0307. The summed E-state index contributed by atoms with van der Waals surface area (Å²) in [5, 5.41) is 23.7. The van der Waals surface area contributed by atoms with Crippen molar-refractivity contribution in [1.29, 1.82) is 0 Å². The standard InChI is InChI=1S/C24H23F3N8O5/c1-34(22(39)11-4-7-13(29-9-11)24(25,26)27)8-2-3-14-32-19(28)15-20(33-14)35(10-30-15)23-17(37)16(36)18(40-23)21(38)31-12-5-6-12/h4,7,9-10,12,16-18,23,36-37H,5-6,8H2,1H3,(H,31,38)(H2,28,32,33)/t16?,17-,18+,23-/m1/s1. The van der Waals surface area contributed by atoms with Crippen molar-refractivity contribution in [2.24, 2.45) is 0 Å². The highest BCUT2D eigenvalue weighted by Gasteiger charge is 2.48. The molecular weight excluding hydrogens is 537 g/mol. The van der Waals surface area contributed by atoms with Gasteiger partial charge in [-0.2, -0.15) is 13.2 Å². The highest BCUT2D eigenvalue weighted by atomic mass is 19.4. The minimum Gasteiger partial charge on any atom is -0.387 e. The predicted molar refractivity (Wildman–Crippen MR) is 130 cm³/mol. The fraction of sp³-hybridized carbons (Fsp3) is 0.417. The maximum atomic E-state index is 12.7. The number of imidazole rings is 1. The van der Waals surface area contributed by atoms with Gasteiger partial charge in [0.15, 0.2) is 23.8 Å². The summed E-state index contributed by atoms with van der Waals surface area (Å²) < 4.78 is 45.1. The average molecular weight is 560 g/mol. The SMILES string of the molecule is CN(CC#Cc1nc(N)c2ncn([C@@H]3O[C@H](C(=O)NC4CC4)C(O)[C@H]3O)c2n1)C(=O)c1ccc(C(F)(F)F)nc1. The number of aliphatic hydroxyl groups is 2. The fourth-order valence-corrected chi connectivity index (χ4v) is 4.01. The summed E-state index contributed by atoms with van der Waals surface area (Å²) in [7, 11) is 1.40. The number of alkyl halides is 3. The van der Waals surface area contributed by atoms with Crippen molar-refractivity contribution in [2.45, 2.75) is 49.6 Å². The van der Waals surface area contributed by atoms with Gasteiger partial charge in [-0.3, -0.25) is 19.1 Å². The number of hydrogen-bond acceptors (Lipinski definition) is 10. The second kappa shape index (κ2) is 10.3. The molecule has 3 aromatic heterocycles. The topological polar surface area (TPSA) is 182 Å². The van der Waals surface area contributed by atoms with Gasteiger partial charge in [0.2, 0.25) is 5.82 Å². The molecule has 4 atom stereocenters. The third-order valence-corrected chi connectivity index (χ3v) is 6.31. The molecule has 210 valence electrons. The second-order valence-corrected chi connectivity index (χ2v) is 9.36. The fourth-order valence-electron chi connectivity index (χ4n) is 4.01. The van der Waals surface area contributed by atoms with Gasteiger partial charge in [0.05, 0.1) is 18.4 Å². The molecular formula is C24H23F3N8O5. The van der Waals surface area contributed by atoms with Crippen molar-refractivity contribution in [3.8, 4) is 11.8 Å². The van der Waals surface area contributed by atoms with Crippen molar-refractivity contribution < 1.29 is 37.7 Å². The van der Waals surface area contributed by atoms with Crippen LogP contribution in [0.3, 0.4) is 0 Å². The molecule has 1 aliphatic heterocycles. The molecule has 0 aromatic carbocycles. The third kappa shape index (κ3) is 5.39. The van der Waals surface area contributed by atoms with E-state index in [0.29, 0.717) is 6.07 Å². The van der Waals surface area contributed by atoms with E-state index >= 15 is 0 Å². The van der Waals surface area contributed by atoms with Gasteiger partial charge < -0.3 is 30.9 Å². The van der Waals surface area contributed by atoms with Crippen molar-refractivity contribution in [3.05, 3.63) is 41.7 Å². The first-order valence-electron chi connectivity index (χ1n) is 12.0. The normalized spacial score (nSPS) is 22.6. The van der Waals surface area contributed by atoms with Crippen molar-refractivity contribution in [1.82, 2.24) is 34.7 Å². The first-order chi connectivity index (χ1) is 18.9.